The van der Waals surface area contributed by atoms with Crippen LogP contribution in [0, 0.1) is 0 Å². The molecule has 0 bridgehead atoms. The average molecular weight is 483 g/mol. The van der Waals surface area contributed by atoms with Gasteiger partial charge in [-0.25, -0.2) is 0 Å². The van der Waals surface area contributed by atoms with Crippen molar-refractivity contribution in [3.63, 3.8) is 0 Å². The number of rotatable bonds is 8. The van der Waals surface area contributed by atoms with Crippen molar-refractivity contribution in [1.29, 1.82) is 0 Å². The predicted molar refractivity (Wildman–Crippen MR) is 147 cm³/mol. The maximum Gasteiger partial charge on any atom is 0.171 e. The molecule has 0 radical (unpaired) electrons. The van der Waals surface area contributed by atoms with E-state index < -0.39 is 7.14 Å². The lowest BCUT2D eigenvalue weighted by molar-refractivity contribution is 0.415. The summed E-state index contributed by atoms with van der Waals surface area (Å²) in [6.45, 7) is 6.56. The Bertz CT molecular complexity index is 1290. The number of hydrogen-bond donors (Lipinski definition) is 0. The van der Waals surface area contributed by atoms with Crippen LogP contribution >= 0.6 is 18.9 Å². The summed E-state index contributed by atoms with van der Waals surface area (Å²) in [5.74, 6) is 0.798. The minimum absolute atomic E-state index is 0.632. The van der Waals surface area contributed by atoms with Gasteiger partial charge in [-0.05, 0) is 42.3 Å². The minimum Gasteiger partial charge on any atom is -0.497 e. The maximum atomic E-state index is 15.0. The highest BCUT2D eigenvalue weighted by molar-refractivity contribution is 8.04. The quantitative estimate of drug-likeness (QED) is 0.146. The molecule has 0 saturated carbocycles. The van der Waals surface area contributed by atoms with Crippen molar-refractivity contribution in [3.8, 4) is 5.75 Å². The standard InChI is InChI=1S/C30H27O2PS/c1-23(25-19-21-26(32-3)22-20-25)30(34-29-17-11-6-12-18-29)24(2)33(31,27-13-7-4-8-14-27)28-15-9-5-10-16-28/h4-22H,2H2,1,3H3. The van der Waals surface area contributed by atoms with Crippen LogP contribution in [-0.2, 0) is 4.57 Å². The molecule has 0 aliphatic rings. The Balaban J connectivity index is 1.91. The van der Waals surface area contributed by atoms with Crippen molar-refractivity contribution >= 4 is 35.1 Å². The normalized spacial score (nSPS) is 12.1. The fraction of sp³-hybridized carbons (Fsp3) is 0.0667. The van der Waals surface area contributed by atoms with Crippen molar-refractivity contribution in [2.45, 2.75) is 11.8 Å². The third-order valence-corrected chi connectivity index (χ3v) is 10.2. The molecule has 0 amide bonds. The van der Waals surface area contributed by atoms with Gasteiger partial charge in [-0.15, -0.1) is 0 Å². The van der Waals surface area contributed by atoms with E-state index >= 15 is 4.57 Å². The van der Waals surface area contributed by atoms with Gasteiger partial charge in [0.1, 0.15) is 5.75 Å². The number of methoxy groups -OCH3 is 1. The first-order valence-electron chi connectivity index (χ1n) is 11.0. The van der Waals surface area contributed by atoms with E-state index in [4.69, 9.17) is 4.74 Å². The molecule has 4 aromatic carbocycles. The molecule has 0 aliphatic carbocycles. The van der Waals surface area contributed by atoms with Gasteiger partial charge in [0, 0.05) is 25.7 Å². The second-order valence-corrected chi connectivity index (χ2v) is 11.7. The highest BCUT2D eigenvalue weighted by atomic mass is 32.2. The van der Waals surface area contributed by atoms with Gasteiger partial charge in [0.25, 0.3) is 0 Å². The Morgan fingerprint density at radius 3 is 1.68 bits per heavy atom. The van der Waals surface area contributed by atoms with Crippen molar-refractivity contribution < 1.29 is 9.30 Å². The summed E-state index contributed by atoms with van der Waals surface area (Å²) in [6.07, 6.45) is 0. The molecule has 0 aliphatic heterocycles. The molecule has 170 valence electrons. The van der Waals surface area contributed by atoms with Gasteiger partial charge in [0.15, 0.2) is 7.14 Å². The fourth-order valence-electron chi connectivity index (χ4n) is 3.81. The van der Waals surface area contributed by atoms with Crippen molar-refractivity contribution in [2.75, 3.05) is 7.11 Å². The van der Waals surface area contributed by atoms with Crippen molar-refractivity contribution in [3.05, 3.63) is 138 Å². The SMILES string of the molecule is C=C(C(Sc1ccccc1)=C(C)c1ccc(OC)cc1)P(=O)(c1ccccc1)c1ccccc1. The fourth-order valence-corrected chi connectivity index (χ4v) is 7.81. The summed E-state index contributed by atoms with van der Waals surface area (Å²) in [6, 6.07) is 37.5. The first-order chi connectivity index (χ1) is 16.5. The molecule has 2 nitrogen and oxygen atoms in total. The number of thioether (sulfide) groups is 1. The summed E-state index contributed by atoms with van der Waals surface area (Å²) in [7, 11) is -1.54. The van der Waals surface area contributed by atoms with Crippen LogP contribution in [0.4, 0.5) is 0 Å². The van der Waals surface area contributed by atoms with Crippen LogP contribution in [0.15, 0.2) is 137 Å². The zero-order valence-electron chi connectivity index (χ0n) is 19.3. The van der Waals surface area contributed by atoms with E-state index in [0.29, 0.717) is 5.31 Å². The van der Waals surface area contributed by atoms with Gasteiger partial charge in [-0.3, -0.25) is 0 Å². The van der Waals surface area contributed by atoms with Gasteiger partial charge in [0.2, 0.25) is 0 Å². The van der Waals surface area contributed by atoms with Gasteiger partial charge in [0.05, 0.1) is 7.11 Å². The van der Waals surface area contributed by atoms with Gasteiger partial charge in [-0.2, -0.15) is 0 Å². The zero-order valence-corrected chi connectivity index (χ0v) is 21.1. The van der Waals surface area contributed by atoms with Crippen LogP contribution in [0.2, 0.25) is 0 Å². The van der Waals surface area contributed by atoms with E-state index in [9.17, 15) is 0 Å². The number of hydrogen-bond acceptors (Lipinski definition) is 3. The van der Waals surface area contributed by atoms with Crippen LogP contribution < -0.4 is 15.3 Å². The van der Waals surface area contributed by atoms with Crippen LogP contribution in [0.1, 0.15) is 12.5 Å². The van der Waals surface area contributed by atoms with E-state index in [0.717, 1.165) is 37.3 Å². The first kappa shape index (κ1) is 23.9. The highest BCUT2D eigenvalue weighted by Gasteiger charge is 2.33. The Morgan fingerprint density at radius 1 is 0.735 bits per heavy atom. The van der Waals surface area contributed by atoms with Crippen LogP contribution in [0.3, 0.4) is 0 Å². The average Bonchev–Trinajstić information content (AvgIpc) is 2.92. The first-order valence-corrected chi connectivity index (χ1v) is 13.6. The Hall–Kier alpha value is -3.26. The van der Waals surface area contributed by atoms with Crippen LogP contribution in [0.25, 0.3) is 5.57 Å². The summed E-state index contributed by atoms with van der Waals surface area (Å²) >= 11 is 1.60. The highest BCUT2D eigenvalue weighted by Crippen LogP contribution is 2.58. The largest absolute Gasteiger partial charge is 0.497 e. The molecule has 34 heavy (non-hydrogen) atoms. The molecular formula is C30H27O2PS. The number of benzene rings is 4. The molecule has 0 saturated heterocycles. The Morgan fingerprint density at radius 2 is 1.21 bits per heavy atom. The summed E-state index contributed by atoms with van der Waals surface area (Å²) in [5, 5.41) is 2.19. The Kier molecular flexibility index (Phi) is 7.57. The van der Waals surface area contributed by atoms with E-state index in [1.165, 1.54) is 0 Å². The van der Waals surface area contributed by atoms with E-state index in [1.54, 1.807) is 18.9 Å². The molecular weight excluding hydrogens is 455 g/mol. The van der Waals surface area contributed by atoms with E-state index in [2.05, 4.69) is 25.6 Å². The topological polar surface area (TPSA) is 26.3 Å². The van der Waals surface area contributed by atoms with Crippen molar-refractivity contribution in [2.24, 2.45) is 0 Å². The third-order valence-electron chi connectivity index (χ3n) is 5.71. The number of ether oxygens (including phenoxy) is 1. The molecule has 4 rings (SSSR count). The number of allylic oxidation sites excluding steroid dienone is 2. The molecule has 4 aromatic rings. The molecule has 0 N–H and O–H groups in total. The van der Waals surface area contributed by atoms with E-state index in [-0.39, 0.29) is 0 Å². The molecule has 4 heteroatoms. The molecule has 0 fully saturated rings. The molecule has 0 unspecified atom stereocenters. The Labute approximate surface area is 206 Å². The van der Waals surface area contributed by atoms with Gasteiger partial charge >= 0.3 is 0 Å². The molecule has 0 aromatic heterocycles. The molecule has 0 atom stereocenters. The van der Waals surface area contributed by atoms with Gasteiger partial charge in [-0.1, -0.05) is 109 Å². The smallest absolute Gasteiger partial charge is 0.171 e. The van der Waals surface area contributed by atoms with Crippen LogP contribution in [0.5, 0.6) is 5.75 Å². The lowest BCUT2D eigenvalue weighted by Gasteiger charge is -2.25. The molecule has 0 heterocycles. The second kappa shape index (κ2) is 10.8. The lowest BCUT2D eigenvalue weighted by Crippen LogP contribution is -2.17. The second-order valence-electron chi connectivity index (χ2n) is 7.82. The van der Waals surface area contributed by atoms with E-state index in [1.807, 2.05) is 103 Å². The van der Waals surface area contributed by atoms with Crippen LogP contribution in [-0.4, -0.2) is 7.11 Å². The van der Waals surface area contributed by atoms with Crippen molar-refractivity contribution in [1.82, 2.24) is 0 Å². The third kappa shape index (κ3) is 4.97. The zero-order chi connectivity index (χ0) is 24.0. The lowest BCUT2D eigenvalue weighted by atomic mass is 10.1. The molecule has 0 spiro atoms. The maximum absolute atomic E-state index is 15.0. The van der Waals surface area contributed by atoms with Gasteiger partial charge < -0.3 is 9.30 Å². The minimum atomic E-state index is -3.20. The monoisotopic (exact) mass is 482 g/mol. The summed E-state index contributed by atoms with van der Waals surface area (Å²) < 4.78 is 20.4. The summed E-state index contributed by atoms with van der Waals surface area (Å²) in [5.41, 5.74) is 2.06. The predicted octanol–water partition coefficient (Wildman–Crippen LogP) is 7.75. The summed E-state index contributed by atoms with van der Waals surface area (Å²) in [4.78, 5) is 1.98.